The number of anilines is 1. The van der Waals surface area contributed by atoms with E-state index in [1.807, 2.05) is 0 Å². The molecule has 114 valence electrons. The molecule has 0 aliphatic heterocycles. The molecule has 2 aromatic rings. The van der Waals surface area contributed by atoms with E-state index in [0.717, 1.165) is 4.88 Å². The van der Waals surface area contributed by atoms with Crippen molar-refractivity contribution in [1.82, 2.24) is 0 Å². The number of hydrogen-bond acceptors (Lipinski definition) is 4. The van der Waals surface area contributed by atoms with Gasteiger partial charge >= 0.3 is 0 Å². The third kappa shape index (κ3) is 3.93. The molecule has 0 radical (unpaired) electrons. The third-order valence-corrected chi connectivity index (χ3v) is 7.12. The minimum Gasteiger partial charge on any atom is -0.326 e. The summed E-state index contributed by atoms with van der Waals surface area (Å²) in [5, 5.41) is 0.395. The van der Waals surface area contributed by atoms with Crippen molar-refractivity contribution in [3.8, 4) is 0 Å². The molecule has 0 amide bonds. The summed E-state index contributed by atoms with van der Waals surface area (Å²) in [5.41, 5.74) is 5.65. The highest BCUT2D eigenvalue weighted by Gasteiger charge is 2.23. The van der Waals surface area contributed by atoms with E-state index in [9.17, 15) is 8.42 Å². The summed E-state index contributed by atoms with van der Waals surface area (Å²) in [6, 6.07) is 4.62. The first-order valence-corrected chi connectivity index (χ1v) is 10.0. The minimum atomic E-state index is -3.82. The molecule has 3 N–H and O–H groups in total. The number of hydrogen-bond donors (Lipinski definition) is 2. The highest BCUT2D eigenvalue weighted by Crippen LogP contribution is 2.37. The Morgan fingerprint density at radius 2 is 1.76 bits per heavy atom. The Morgan fingerprint density at radius 1 is 1.19 bits per heavy atom. The zero-order valence-corrected chi connectivity index (χ0v) is 16.5. The van der Waals surface area contributed by atoms with Crippen LogP contribution in [0.4, 0.5) is 5.69 Å². The summed E-state index contributed by atoms with van der Waals surface area (Å²) in [6.45, 7) is 0.262. The average Bonchev–Trinajstić information content (AvgIpc) is 2.76. The second-order valence-corrected chi connectivity index (χ2v) is 9.74. The van der Waals surface area contributed by atoms with Gasteiger partial charge < -0.3 is 5.73 Å². The number of nitrogens with one attached hydrogen (secondary N) is 1. The van der Waals surface area contributed by atoms with E-state index in [1.54, 1.807) is 12.1 Å². The van der Waals surface area contributed by atoms with Gasteiger partial charge in [-0.15, -0.1) is 11.3 Å². The summed E-state index contributed by atoms with van der Waals surface area (Å²) in [6.07, 6.45) is 0. The van der Waals surface area contributed by atoms with Gasteiger partial charge in [0.05, 0.1) is 19.5 Å². The normalized spacial score (nSPS) is 11.7. The Balaban J connectivity index is 2.44. The zero-order valence-electron chi connectivity index (χ0n) is 10.2. The van der Waals surface area contributed by atoms with Crippen molar-refractivity contribution in [1.29, 1.82) is 0 Å². The van der Waals surface area contributed by atoms with Gasteiger partial charge in [0.2, 0.25) is 0 Å². The largest absolute Gasteiger partial charge is 0.326 e. The first kappa shape index (κ1) is 17.5. The molecule has 1 heterocycles. The number of sulfonamides is 1. The molecule has 0 aliphatic rings. The van der Waals surface area contributed by atoms with E-state index in [-0.39, 0.29) is 27.2 Å². The van der Waals surface area contributed by atoms with E-state index in [2.05, 4.69) is 36.6 Å². The van der Waals surface area contributed by atoms with E-state index >= 15 is 0 Å². The molecule has 0 atom stereocenters. The molecule has 0 saturated heterocycles. The second kappa shape index (κ2) is 6.74. The van der Waals surface area contributed by atoms with Crippen LogP contribution in [0.15, 0.2) is 31.4 Å². The zero-order chi connectivity index (χ0) is 15.8. The highest BCUT2D eigenvalue weighted by atomic mass is 79.9. The number of halogens is 4. The molecule has 0 unspecified atom stereocenters. The summed E-state index contributed by atoms with van der Waals surface area (Å²) in [4.78, 5) is 0.846. The van der Waals surface area contributed by atoms with Crippen molar-refractivity contribution in [2.45, 2.75) is 11.4 Å². The molecule has 0 bridgehead atoms. The maximum Gasteiger partial charge on any atom is 0.263 e. The molecule has 0 saturated carbocycles. The van der Waals surface area contributed by atoms with E-state index in [4.69, 9.17) is 28.9 Å². The van der Waals surface area contributed by atoms with Gasteiger partial charge in [0.1, 0.15) is 4.90 Å². The molecular formula is C11H8Br2Cl2N2O2S2. The van der Waals surface area contributed by atoms with Crippen LogP contribution in [0.3, 0.4) is 0 Å². The van der Waals surface area contributed by atoms with Gasteiger partial charge in [0.25, 0.3) is 10.0 Å². The van der Waals surface area contributed by atoms with Crippen molar-refractivity contribution in [2.24, 2.45) is 5.73 Å². The lowest BCUT2D eigenvalue weighted by atomic mass is 10.3. The number of nitrogens with two attached hydrogens (primary N) is 1. The number of thiophene rings is 1. The monoisotopic (exact) mass is 492 g/mol. The van der Waals surface area contributed by atoms with Crippen molar-refractivity contribution >= 4 is 82.1 Å². The Bertz CT molecular complexity index is 771. The molecule has 4 nitrogen and oxygen atoms in total. The van der Waals surface area contributed by atoms with Gasteiger partial charge in [-0.05, 0) is 34.1 Å². The van der Waals surface area contributed by atoms with Crippen LogP contribution in [-0.4, -0.2) is 8.42 Å². The molecule has 21 heavy (non-hydrogen) atoms. The molecule has 10 heteroatoms. The molecule has 0 aliphatic carbocycles. The van der Waals surface area contributed by atoms with Gasteiger partial charge in [0, 0.05) is 15.9 Å². The summed E-state index contributed by atoms with van der Waals surface area (Å²) in [7, 11) is -3.82. The summed E-state index contributed by atoms with van der Waals surface area (Å²) in [5.74, 6) is 0. The van der Waals surface area contributed by atoms with E-state index < -0.39 is 10.0 Å². The van der Waals surface area contributed by atoms with Gasteiger partial charge in [-0.2, -0.15) is 0 Å². The van der Waals surface area contributed by atoms with E-state index in [1.165, 1.54) is 17.4 Å². The van der Waals surface area contributed by atoms with Crippen LogP contribution in [0, 0.1) is 0 Å². The average molecular weight is 495 g/mol. The third-order valence-electron chi connectivity index (χ3n) is 2.44. The van der Waals surface area contributed by atoms with Crippen LogP contribution in [0.25, 0.3) is 0 Å². The van der Waals surface area contributed by atoms with Crippen LogP contribution in [-0.2, 0) is 16.6 Å². The van der Waals surface area contributed by atoms with Crippen LogP contribution in [0.5, 0.6) is 0 Å². The van der Waals surface area contributed by atoms with Gasteiger partial charge in [-0.25, -0.2) is 8.42 Å². The second-order valence-electron chi connectivity index (χ2n) is 3.90. The minimum absolute atomic E-state index is 0.100. The standard InChI is InChI=1S/C11H8Br2Cl2N2O2S2/c12-5-1-7(14)10(8(15)2-5)17-21(18,19)9-3-6(4-16)20-11(9)13/h1-3,17H,4,16H2. The Morgan fingerprint density at radius 3 is 2.24 bits per heavy atom. The van der Waals surface area contributed by atoms with Crippen LogP contribution < -0.4 is 10.5 Å². The maximum absolute atomic E-state index is 12.4. The van der Waals surface area contributed by atoms with Crippen LogP contribution >= 0.6 is 66.4 Å². The topological polar surface area (TPSA) is 72.2 Å². The first-order chi connectivity index (χ1) is 9.74. The van der Waals surface area contributed by atoms with Gasteiger partial charge in [-0.3, -0.25) is 4.72 Å². The quantitative estimate of drug-likeness (QED) is 0.638. The summed E-state index contributed by atoms with van der Waals surface area (Å²) >= 11 is 19.8. The molecular weight excluding hydrogens is 487 g/mol. The fraction of sp³-hybridized carbons (Fsp3) is 0.0909. The first-order valence-electron chi connectivity index (χ1n) is 5.40. The van der Waals surface area contributed by atoms with Crippen molar-refractivity contribution in [3.05, 3.63) is 41.4 Å². The van der Waals surface area contributed by atoms with Crippen molar-refractivity contribution in [3.63, 3.8) is 0 Å². The number of rotatable bonds is 4. The SMILES string of the molecule is NCc1cc(S(=O)(=O)Nc2c(Cl)cc(Br)cc2Cl)c(Br)s1. The fourth-order valence-electron chi connectivity index (χ4n) is 1.51. The summed E-state index contributed by atoms with van der Waals surface area (Å²) < 4.78 is 28.4. The van der Waals surface area contributed by atoms with E-state index in [0.29, 0.717) is 8.26 Å². The molecule has 0 spiro atoms. The van der Waals surface area contributed by atoms with Crippen LogP contribution in [0.1, 0.15) is 4.88 Å². The van der Waals surface area contributed by atoms with Gasteiger partial charge in [-0.1, -0.05) is 39.1 Å². The van der Waals surface area contributed by atoms with Crippen molar-refractivity contribution < 1.29 is 8.42 Å². The smallest absolute Gasteiger partial charge is 0.263 e. The Labute approximate surface area is 152 Å². The maximum atomic E-state index is 12.4. The van der Waals surface area contributed by atoms with Gasteiger partial charge in [0.15, 0.2) is 0 Å². The lowest BCUT2D eigenvalue weighted by Gasteiger charge is -2.11. The molecule has 2 rings (SSSR count). The lowest BCUT2D eigenvalue weighted by molar-refractivity contribution is 0.601. The lowest BCUT2D eigenvalue weighted by Crippen LogP contribution is -2.13. The molecule has 1 aromatic heterocycles. The highest BCUT2D eigenvalue weighted by molar-refractivity contribution is 9.11. The predicted molar refractivity (Wildman–Crippen MR) is 94.9 cm³/mol. The Hall–Kier alpha value is 0.170. The molecule has 0 fully saturated rings. The van der Waals surface area contributed by atoms with Crippen LogP contribution in [0.2, 0.25) is 10.0 Å². The fourth-order valence-corrected chi connectivity index (χ4v) is 6.59. The predicted octanol–water partition coefficient (Wildman–Crippen LogP) is 4.84. The number of benzene rings is 1. The molecule has 1 aromatic carbocycles. The Kier molecular flexibility index (Phi) is 5.62. The van der Waals surface area contributed by atoms with Crippen molar-refractivity contribution in [2.75, 3.05) is 4.72 Å².